The van der Waals surface area contributed by atoms with Gasteiger partial charge in [-0.15, -0.1) is 0 Å². The fraction of sp³-hybridized carbons (Fsp3) is 0.500. The van der Waals surface area contributed by atoms with Gasteiger partial charge in [-0.05, 0) is 19.3 Å². The third-order valence-electron chi connectivity index (χ3n) is 3.20. The van der Waals surface area contributed by atoms with E-state index in [1.54, 1.807) is 6.33 Å². The van der Waals surface area contributed by atoms with Crippen molar-refractivity contribution in [1.82, 2.24) is 19.5 Å². The van der Waals surface area contributed by atoms with Crippen LogP contribution >= 0.6 is 0 Å². The maximum absolute atomic E-state index is 11.5. The molecular weight excluding hydrogens is 206 g/mol. The van der Waals surface area contributed by atoms with Crippen molar-refractivity contribution in [2.24, 2.45) is 5.73 Å². The van der Waals surface area contributed by atoms with Crippen LogP contribution in [0.5, 0.6) is 0 Å². The van der Waals surface area contributed by atoms with Crippen LogP contribution in [0.15, 0.2) is 17.4 Å². The smallest absolute Gasteiger partial charge is 0.278 e. The summed E-state index contributed by atoms with van der Waals surface area (Å²) in [5.74, 6) is 0. The van der Waals surface area contributed by atoms with Gasteiger partial charge >= 0.3 is 0 Å². The summed E-state index contributed by atoms with van der Waals surface area (Å²) in [5, 5.41) is 0. The third kappa shape index (κ3) is 1.34. The van der Waals surface area contributed by atoms with Crippen molar-refractivity contribution in [3.05, 3.63) is 23.0 Å². The molecule has 0 saturated heterocycles. The third-order valence-corrected chi connectivity index (χ3v) is 3.20. The quantitative estimate of drug-likeness (QED) is 0.715. The largest absolute Gasteiger partial charge is 0.328 e. The van der Waals surface area contributed by atoms with E-state index in [9.17, 15) is 4.79 Å². The molecule has 16 heavy (non-hydrogen) atoms. The second kappa shape index (κ2) is 3.41. The zero-order chi connectivity index (χ0) is 11.1. The predicted octanol–water partition coefficient (Wildman–Crippen LogP) is 0.172. The number of aromatic amines is 1. The van der Waals surface area contributed by atoms with Gasteiger partial charge in [0.15, 0.2) is 11.2 Å². The molecule has 1 aliphatic rings. The van der Waals surface area contributed by atoms with E-state index >= 15 is 0 Å². The highest BCUT2D eigenvalue weighted by Crippen LogP contribution is 2.30. The summed E-state index contributed by atoms with van der Waals surface area (Å²) < 4.78 is 1.97. The summed E-state index contributed by atoms with van der Waals surface area (Å²) >= 11 is 0. The second-order valence-electron chi connectivity index (χ2n) is 4.28. The maximum Gasteiger partial charge on any atom is 0.278 e. The summed E-state index contributed by atoms with van der Waals surface area (Å²) in [7, 11) is 0. The number of nitrogens with one attached hydrogen (secondary N) is 1. The highest BCUT2D eigenvalue weighted by atomic mass is 16.1. The molecule has 2 heterocycles. The van der Waals surface area contributed by atoms with E-state index in [4.69, 9.17) is 5.73 Å². The van der Waals surface area contributed by atoms with Crippen LogP contribution in [0.4, 0.5) is 0 Å². The molecule has 0 aromatic carbocycles. The molecule has 0 amide bonds. The lowest BCUT2D eigenvalue weighted by atomic mass is 10.2. The predicted molar refractivity (Wildman–Crippen MR) is 59.0 cm³/mol. The van der Waals surface area contributed by atoms with Crippen LogP contribution in [0.1, 0.15) is 25.3 Å². The van der Waals surface area contributed by atoms with Crippen LogP contribution in [0.2, 0.25) is 0 Å². The normalized spacial score (nSPS) is 25.3. The van der Waals surface area contributed by atoms with E-state index in [1.165, 1.54) is 6.33 Å². The first kappa shape index (κ1) is 9.53. The Balaban J connectivity index is 2.11. The van der Waals surface area contributed by atoms with Crippen LogP contribution in [0.3, 0.4) is 0 Å². The minimum absolute atomic E-state index is 0.189. The Kier molecular flexibility index (Phi) is 2.03. The number of hydrogen-bond acceptors (Lipinski definition) is 4. The van der Waals surface area contributed by atoms with E-state index < -0.39 is 0 Å². The number of nitrogens with two attached hydrogens (primary N) is 1. The zero-order valence-electron chi connectivity index (χ0n) is 8.76. The summed E-state index contributed by atoms with van der Waals surface area (Å²) in [6.07, 6.45) is 6.09. The van der Waals surface area contributed by atoms with Crippen LogP contribution in [0.25, 0.3) is 11.2 Å². The molecule has 1 fully saturated rings. The van der Waals surface area contributed by atoms with Crippen molar-refractivity contribution in [2.45, 2.75) is 31.3 Å². The second-order valence-corrected chi connectivity index (χ2v) is 4.28. The van der Waals surface area contributed by atoms with Gasteiger partial charge in [0.1, 0.15) is 0 Å². The zero-order valence-corrected chi connectivity index (χ0v) is 8.76. The Morgan fingerprint density at radius 3 is 3.06 bits per heavy atom. The Morgan fingerprint density at radius 1 is 1.44 bits per heavy atom. The van der Waals surface area contributed by atoms with E-state index in [0.717, 1.165) is 19.3 Å². The van der Waals surface area contributed by atoms with Crippen molar-refractivity contribution in [3.8, 4) is 0 Å². The molecule has 0 bridgehead atoms. The van der Waals surface area contributed by atoms with Gasteiger partial charge in [0.2, 0.25) is 0 Å². The molecule has 6 nitrogen and oxygen atoms in total. The average molecular weight is 219 g/mol. The van der Waals surface area contributed by atoms with E-state index in [-0.39, 0.29) is 11.6 Å². The van der Waals surface area contributed by atoms with Gasteiger partial charge in [0.05, 0.1) is 12.7 Å². The van der Waals surface area contributed by atoms with Crippen molar-refractivity contribution < 1.29 is 0 Å². The molecule has 84 valence electrons. The van der Waals surface area contributed by atoms with Crippen LogP contribution < -0.4 is 11.3 Å². The van der Waals surface area contributed by atoms with E-state index in [2.05, 4.69) is 15.0 Å². The van der Waals surface area contributed by atoms with Gasteiger partial charge in [0.25, 0.3) is 5.56 Å². The molecule has 0 aliphatic heterocycles. The SMILES string of the molecule is N[C@@H]1CC[C@@H](n2cnc3c(=O)[nH]cnc32)C1. The van der Waals surface area contributed by atoms with E-state index in [0.29, 0.717) is 17.2 Å². The van der Waals surface area contributed by atoms with Gasteiger partial charge in [-0.3, -0.25) is 4.79 Å². The molecule has 1 saturated carbocycles. The fourth-order valence-corrected chi connectivity index (χ4v) is 2.37. The molecule has 0 spiro atoms. The number of hydrogen-bond donors (Lipinski definition) is 2. The highest BCUT2D eigenvalue weighted by Gasteiger charge is 2.25. The standard InChI is InChI=1S/C10H13N5O/c11-6-1-2-7(3-6)15-5-14-8-9(15)12-4-13-10(8)16/h4-7H,1-3,11H2,(H,12,13,16)/t6-,7-/m1/s1. The first-order chi connectivity index (χ1) is 7.75. The number of imidazole rings is 1. The number of aromatic nitrogens is 4. The Morgan fingerprint density at radius 2 is 2.31 bits per heavy atom. The molecule has 2 aromatic rings. The topological polar surface area (TPSA) is 89.6 Å². The highest BCUT2D eigenvalue weighted by molar-refractivity contribution is 5.68. The monoisotopic (exact) mass is 219 g/mol. The lowest BCUT2D eigenvalue weighted by Gasteiger charge is -2.11. The number of fused-ring (bicyclic) bond motifs is 1. The van der Waals surface area contributed by atoms with Crippen molar-refractivity contribution in [1.29, 1.82) is 0 Å². The number of rotatable bonds is 1. The minimum atomic E-state index is -0.189. The van der Waals surface area contributed by atoms with Gasteiger partial charge < -0.3 is 15.3 Å². The molecule has 2 atom stereocenters. The van der Waals surface area contributed by atoms with Gasteiger partial charge in [-0.1, -0.05) is 0 Å². The maximum atomic E-state index is 11.5. The van der Waals surface area contributed by atoms with Gasteiger partial charge in [0, 0.05) is 12.1 Å². The molecular formula is C10H13N5O. The first-order valence-electron chi connectivity index (χ1n) is 5.41. The van der Waals surface area contributed by atoms with E-state index in [1.807, 2.05) is 4.57 Å². The minimum Gasteiger partial charge on any atom is -0.328 e. The Hall–Kier alpha value is -1.69. The van der Waals surface area contributed by atoms with Crippen molar-refractivity contribution in [2.75, 3.05) is 0 Å². The fourth-order valence-electron chi connectivity index (χ4n) is 2.37. The Labute approximate surface area is 91.5 Å². The lowest BCUT2D eigenvalue weighted by molar-refractivity contribution is 0.519. The molecule has 3 N–H and O–H groups in total. The molecule has 6 heteroatoms. The number of H-pyrrole nitrogens is 1. The summed E-state index contributed by atoms with van der Waals surface area (Å²) in [6.45, 7) is 0. The van der Waals surface area contributed by atoms with Crippen molar-refractivity contribution >= 4 is 11.2 Å². The number of nitrogens with zero attached hydrogens (tertiary/aromatic N) is 3. The van der Waals surface area contributed by atoms with Gasteiger partial charge in [-0.2, -0.15) is 0 Å². The van der Waals surface area contributed by atoms with Crippen LogP contribution in [-0.2, 0) is 0 Å². The van der Waals surface area contributed by atoms with Gasteiger partial charge in [-0.25, -0.2) is 9.97 Å². The van der Waals surface area contributed by atoms with Crippen LogP contribution in [-0.4, -0.2) is 25.6 Å². The molecule has 0 radical (unpaired) electrons. The lowest BCUT2D eigenvalue weighted by Crippen LogP contribution is -2.16. The molecule has 3 rings (SSSR count). The molecule has 2 aromatic heterocycles. The summed E-state index contributed by atoms with van der Waals surface area (Å²) in [6, 6.07) is 0.582. The summed E-state index contributed by atoms with van der Waals surface area (Å²) in [4.78, 5) is 22.3. The van der Waals surface area contributed by atoms with Crippen molar-refractivity contribution in [3.63, 3.8) is 0 Å². The molecule has 0 unspecified atom stereocenters. The average Bonchev–Trinajstić information content (AvgIpc) is 2.84. The summed E-state index contributed by atoms with van der Waals surface area (Å²) in [5.41, 5.74) is 6.76. The Bertz CT molecular complexity index is 572. The van der Waals surface area contributed by atoms with Crippen LogP contribution in [0, 0.1) is 0 Å². The molecule has 1 aliphatic carbocycles. The first-order valence-corrected chi connectivity index (χ1v) is 5.41.